The first kappa shape index (κ1) is 15.2. The normalized spacial score (nSPS) is 16.2. The lowest BCUT2D eigenvalue weighted by Crippen LogP contribution is -2.35. The Bertz CT molecular complexity index is 551. The monoisotopic (exact) mass is 293 g/mol. The third kappa shape index (κ3) is 3.29. The Morgan fingerprint density at radius 3 is 2.57 bits per heavy atom. The first-order valence-electron chi connectivity index (χ1n) is 7.02. The Hall–Kier alpha value is -2.18. The number of carbonyl (C=O) groups is 1. The summed E-state index contributed by atoms with van der Waals surface area (Å²) in [6, 6.07) is 1.30. The topological polar surface area (TPSA) is 96.6 Å². The van der Waals surface area contributed by atoms with Crippen molar-refractivity contribution in [1.82, 2.24) is 4.98 Å². The fraction of sp³-hybridized carbons (Fsp3) is 0.571. The number of anilines is 1. The molecule has 1 N–H and O–H groups in total. The van der Waals surface area contributed by atoms with Crippen molar-refractivity contribution in [3.05, 3.63) is 27.9 Å². The van der Waals surface area contributed by atoms with Crippen molar-refractivity contribution in [2.24, 2.45) is 11.8 Å². The minimum atomic E-state index is -1.30. The molecule has 0 saturated carbocycles. The number of carboxylic acids is 1. The summed E-state index contributed by atoms with van der Waals surface area (Å²) < 4.78 is 0. The molecule has 0 aliphatic carbocycles. The second-order valence-corrected chi connectivity index (χ2v) is 5.69. The number of aromatic nitrogens is 1. The molecule has 1 aliphatic rings. The molecule has 2 heterocycles. The van der Waals surface area contributed by atoms with Gasteiger partial charge in [0.25, 0.3) is 0 Å². The zero-order valence-electron chi connectivity index (χ0n) is 12.2. The van der Waals surface area contributed by atoms with Crippen LogP contribution in [-0.4, -0.2) is 34.1 Å². The fourth-order valence-electron chi connectivity index (χ4n) is 2.72. The van der Waals surface area contributed by atoms with E-state index >= 15 is 0 Å². The van der Waals surface area contributed by atoms with Gasteiger partial charge in [0.2, 0.25) is 0 Å². The molecule has 0 spiro atoms. The van der Waals surface area contributed by atoms with E-state index < -0.39 is 16.6 Å². The molecule has 1 aliphatic heterocycles. The van der Waals surface area contributed by atoms with Gasteiger partial charge in [-0.3, -0.25) is 10.1 Å². The standard InChI is InChI=1S/C14H19N3O4/c1-9(2)10-3-5-16(6-4-10)13-7-11(14(18)19)12(8-15-13)17(20)21/h7-10H,3-6H2,1-2H3,(H,18,19). The van der Waals surface area contributed by atoms with E-state index in [1.54, 1.807) is 0 Å². The van der Waals surface area contributed by atoms with Crippen molar-refractivity contribution < 1.29 is 14.8 Å². The molecule has 21 heavy (non-hydrogen) atoms. The van der Waals surface area contributed by atoms with Crippen molar-refractivity contribution in [1.29, 1.82) is 0 Å². The van der Waals surface area contributed by atoms with E-state index in [-0.39, 0.29) is 5.56 Å². The lowest BCUT2D eigenvalue weighted by atomic mass is 9.87. The highest BCUT2D eigenvalue weighted by Gasteiger charge is 2.26. The molecule has 1 aromatic rings. The number of pyridine rings is 1. The Balaban J connectivity index is 2.20. The molecule has 0 atom stereocenters. The summed E-state index contributed by atoms with van der Waals surface area (Å²) in [7, 11) is 0. The Morgan fingerprint density at radius 1 is 1.48 bits per heavy atom. The van der Waals surface area contributed by atoms with Crippen molar-refractivity contribution in [3.8, 4) is 0 Å². The Kier molecular flexibility index (Phi) is 4.40. The molecule has 114 valence electrons. The molecule has 7 nitrogen and oxygen atoms in total. The van der Waals surface area contributed by atoms with Gasteiger partial charge in [0, 0.05) is 19.2 Å². The van der Waals surface area contributed by atoms with E-state index in [2.05, 4.69) is 18.8 Å². The predicted octanol–water partition coefficient (Wildman–Crippen LogP) is 2.56. The lowest BCUT2D eigenvalue weighted by Gasteiger charge is -2.34. The van der Waals surface area contributed by atoms with Crippen LogP contribution in [0.25, 0.3) is 0 Å². The second-order valence-electron chi connectivity index (χ2n) is 5.69. The quantitative estimate of drug-likeness (QED) is 0.677. The summed E-state index contributed by atoms with van der Waals surface area (Å²) in [5.41, 5.74) is -0.778. The zero-order valence-corrected chi connectivity index (χ0v) is 12.2. The fourth-order valence-corrected chi connectivity index (χ4v) is 2.72. The summed E-state index contributed by atoms with van der Waals surface area (Å²) in [5.74, 6) is 0.493. The molecule has 7 heteroatoms. The van der Waals surface area contributed by atoms with Crippen LogP contribution in [0.15, 0.2) is 12.3 Å². The number of hydrogen-bond acceptors (Lipinski definition) is 5. The average Bonchev–Trinajstić information content (AvgIpc) is 2.46. The third-order valence-electron chi connectivity index (χ3n) is 4.10. The highest BCUT2D eigenvalue weighted by molar-refractivity contribution is 5.93. The number of hydrogen-bond donors (Lipinski definition) is 1. The van der Waals surface area contributed by atoms with Crippen LogP contribution in [0.5, 0.6) is 0 Å². The van der Waals surface area contributed by atoms with Crippen LogP contribution in [0.3, 0.4) is 0 Å². The molecule has 0 amide bonds. The van der Waals surface area contributed by atoms with Crippen molar-refractivity contribution in [2.75, 3.05) is 18.0 Å². The first-order valence-corrected chi connectivity index (χ1v) is 7.02. The van der Waals surface area contributed by atoms with E-state index in [0.717, 1.165) is 32.1 Å². The highest BCUT2D eigenvalue weighted by Crippen LogP contribution is 2.29. The number of rotatable bonds is 4. The molecule has 0 bridgehead atoms. The molecule has 0 unspecified atom stereocenters. The molecule has 0 radical (unpaired) electrons. The van der Waals surface area contributed by atoms with Crippen molar-refractivity contribution >= 4 is 17.5 Å². The van der Waals surface area contributed by atoms with Gasteiger partial charge in [0.15, 0.2) is 0 Å². The van der Waals surface area contributed by atoms with Crippen LogP contribution in [0.1, 0.15) is 37.0 Å². The molecule has 1 saturated heterocycles. The first-order chi connectivity index (χ1) is 9.90. The van der Waals surface area contributed by atoms with Crippen molar-refractivity contribution in [3.63, 3.8) is 0 Å². The Labute approximate surface area is 122 Å². The Morgan fingerprint density at radius 2 is 2.10 bits per heavy atom. The lowest BCUT2D eigenvalue weighted by molar-refractivity contribution is -0.385. The van der Waals surface area contributed by atoms with Crippen molar-refractivity contribution in [2.45, 2.75) is 26.7 Å². The maximum Gasteiger partial charge on any atom is 0.342 e. The van der Waals surface area contributed by atoms with Crippen LogP contribution < -0.4 is 4.90 Å². The number of piperidine rings is 1. The van der Waals surface area contributed by atoms with Crippen LogP contribution >= 0.6 is 0 Å². The SMILES string of the molecule is CC(C)C1CCN(c2cc(C(=O)O)c([N+](=O)[O-])cn2)CC1. The van der Waals surface area contributed by atoms with E-state index in [1.165, 1.54) is 6.07 Å². The summed E-state index contributed by atoms with van der Waals surface area (Å²) in [6.07, 6.45) is 3.09. The van der Waals surface area contributed by atoms with Crippen LogP contribution in [0.2, 0.25) is 0 Å². The molecule has 0 aromatic carbocycles. The maximum absolute atomic E-state index is 11.2. The second kappa shape index (κ2) is 6.07. The average molecular weight is 293 g/mol. The largest absolute Gasteiger partial charge is 0.477 e. The molecule has 1 fully saturated rings. The van der Waals surface area contributed by atoms with Gasteiger partial charge in [-0.05, 0) is 24.7 Å². The van der Waals surface area contributed by atoms with Crippen LogP contribution in [0.4, 0.5) is 11.5 Å². The van der Waals surface area contributed by atoms with Crippen LogP contribution in [0, 0.1) is 22.0 Å². The van der Waals surface area contributed by atoms with Gasteiger partial charge in [0.05, 0.1) is 4.92 Å². The predicted molar refractivity (Wildman–Crippen MR) is 77.6 cm³/mol. The van der Waals surface area contributed by atoms with E-state index in [1.807, 2.05) is 4.90 Å². The van der Waals surface area contributed by atoms with E-state index in [4.69, 9.17) is 5.11 Å². The van der Waals surface area contributed by atoms with Gasteiger partial charge < -0.3 is 10.0 Å². The molecule has 2 rings (SSSR count). The van der Waals surface area contributed by atoms with Crippen LogP contribution in [-0.2, 0) is 0 Å². The van der Waals surface area contributed by atoms with E-state index in [0.29, 0.717) is 17.7 Å². The van der Waals surface area contributed by atoms with Gasteiger partial charge in [-0.2, -0.15) is 0 Å². The van der Waals surface area contributed by atoms with Gasteiger partial charge >= 0.3 is 11.7 Å². The maximum atomic E-state index is 11.2. The number of nitrogens with zero attached hydrogens (tertiary/aromatic N) is 3. The molecular weight excluding hydrogens is 274 g/mol. The number of nitro groups is 1. The minimum Gasteiger partial charge on any atom is -0.477 e. The molecular formula is C14H19N3O4. The molecule has 1 aromatic heterocycles. The smallest absolute Gasteiger partial charge is 0.342 e. The third-order valence-corrected chi connectivity index (χ3v) is 4.10. The summed E-state index contributed by atoms with van der Waals surface area (Å²) in [4.78, 5) is 27.3. The summed E-state index contributed by atoms with van der Waals surface area (Å²) >= 11 is 0. The van der Waals surface area contributed by atoms with E-state index in [9.17, 15) is 14.9 Å². The zero-order chi connectivity index (χ0) is 15.6. The number of carboxylic acid groups (broad SMARTS) is 1. The van der Waals surface area contributed by atoms with Gasteiger partial charge in [0.1, 0.15) is 17.6 Å². The number of aromatic carboxylic acids is 1. The minimum absolute atomic E-state index is 0.309. The summed E-state index contributed by atoms with van der Waals surface area (Å²) in [5, 5.41) is 19.9. The summed E-state index contributed by atoms with van der Waals surface area (Å²) in [6.45, 7) is 6.00. The van der Waals surface area contributed by atoms with Gasteiger partial charge in [-0.1, -0.05) is 13.8 Å². The van der Waals surface area contributed by atoms with Gasteiger partial charge in [-0.15, -0.1) is 0 Å². The van der Waals surface area contributed by atoms with Gasteiger partial charge in [-0.25, -0.2) is 9.78 Å². The highest BCUT2D eigenvalue weighted by atomic mass is 16.6.